The molecule has 0 atom stereocenters. The number of rotatable bonds is 7. The third-order valence-corrected chi connectivity index (χ3v) is 5.60. The summed E-state index contributed by atoms with van der Waals surface area (Å²) in [5, 5.41) is 0.461. The molecular weight excluding hydrogens is 478 g/mol. The fourth-order valence-electron chi connectivity index (χ4n) is 2.60. The molecule has 0 spiro atoms. The summed E-state index contributed by atoms with van der Waals surface area (Å²) in [5.74, 6) is 0.897. The van der Waals surface area contributed by atoms with E-state index in [-0.39, 0.29) is 17.4 Å². The van der Waals surface area contributed by atoms with Crippen molar-refractivity contribution < 1.29 is 23.0 Å². The summed E-state index contributed by atoms with van der Waals surface area (Å²) in [5.41, 5.74) is 1.54. The van der Waals surface area contributed by atoms with Gasteiger partial charge in [-0.3, -0.25) is 9.69 Å². The molecule has 0 saturated heterocycles. The van der Waals surface area contributed by atoms with Crippen molar-refractivity contribution in [3.8, 4) is 11.5 Å². The monoisotopic (exact) mass is 494 g/mol. The summed E-state index contributed by atoms with van der Waals surface area (Å²) in [4.78, 5) is 19.0. The van der Waals surface area contributed by atoms with Crippen LogP contribution in [-0.2, 0) is 4.79 Å². The van der Waals surface area contributed by atoms with Crippen LogP contribution in [0.2, 0.25) is 0 Å². The largest absolute Gasteiger partial charge is 0.497 e. The van der Waals surface area contributed by atoms with E-state index < -0.39 is 6.61 Å². The number of halogens is 3. The zero-order chi connectivity index (χ0) is 21.7. The zero-order valence-electron chi connectivity index (χ0n) is 15.8. The first-order chi connectivity index (χ1) is 14.4. The number of ether oxygens (including phenoxy) is 2. The number of carbonyl (C=O) groups is 1. The molecule has 2 aromatic carbocycles. The second-order valence-corrected chi connectivity index (χ2v) is 8.08. The summed E-state index contributed by atoms with van der Waals surface area (Å²) in [7, 11) is 1.58. The Hall–Kier alpha value is -2.65. The van der Waals surface area contributed by atoms with Gasteiger partial charge < -0.3 is 9.47 Å². The van der Waals surface area contributed by atoms with Gasteiger partial charge in [-0.1, -0.05) is 46.4 Å². The van der Waals surface area contributed by atoms with E-state index >= 15 is 0 Å². The SMILES string of the molecule is C=C(Br)CSC1=N/C(=C\c2ccc(OC)cc2)C(=O)N1c1ccc(OC(F)F)cc1. The minimum absolute atomic E-state index is 0.00868. The van der Waals surface area contributed by atoms with Crippen molar-refractivity contribution in [1.82, 2.24) is 0 Å². The van der Waals surface area contributed by atoms with Gasteiger partial charge >= 0.3 is 6.61 Å². The van der Waals surface area contributed by atoms with Crippen LogP contribution in [-0.4, -0.2) is 30.5 Å². The third kappa shape index (κ3) is 5.48. The Labute approximate surface area is 185 Å². The fraction of sp³-hybridized carbons (Fsp3) is 0.143. The van der Waals surface area contributed by atoms with Crippen molar-refractivity contribution in [3.05, 3.63) is 70.9 Å². The predicted octanol–water partition coefficient (Wildman–Crippen LogP) is 5.68. The topological polar surface area (TPSA) is 51.1 Å². The summed E-state index contributed by atoms with van der Waals surface area (Å²) in [6.45, 7) is 0.883. The van der Waals surface area contributed by atoms with Gasteiger partial charge in [0.2, 0.25) is 0 Å². The summed E-state index contributed by atoms with van der Waals surface area (Å²) < 4.78 is 35.0. The Morgan fingerprint density at radius 1 is 1.20 bits per heavy atom. The molecule has 0 aliphatic carbocycles. The molecule has 0 unspecified atom stereocenters. The van der Waals surface area contributed by atoms with Crippen LogP contribution in [0.1, 0.15) is 5.56 Å². The van der Waals surface area contributed by atoms with Crippen LogP contribution in [0, 0.1) is 0 Å². The van der Waals surface area contributed by atoms with Crippen molar-refractivity contribution in [2.75, 3.05) is 17.8 Å². The Balaban J connectivity index is 1.90. The highest BCUT2D eigenvalue weighted by molar-refractivity contribution is 9.11. The normalized spacial score (nSPS) is 15.0. The number of methoxy groups -OCH3 is 1. The van der Waals surface area contributed by atoms with Gasteiger partial charge in [0, 0.05) is 5.75 Å². The average molecular weight is 495 g/mol. The van der Waals surface area contributed by atoms with Crippen LogP contribution in [0.5, 0.6) is 11.5 Å². The number of alkyl halides is 2. The van der Waals surface area contributed by atoms with Gasteiger partial charge in [0.05, 0.1) is 12.8 Å². The van der Waals surface area contributed by atoms with Crippen LogP contribution in [0.4, 0.5) is 14.5 Å². The van der Waals surface area contributed by atoms with E-state index in [0.717, 1.165) is 10.0 Å². The lowest BCUT2D eigenvalue weighted by molar-refractivity contribution is -0.113. The molecule has 0 aromatic heterocycles. The van der Waals surface area contributed by atoms with E-state index in [2.05, 4.69) is 32.2 Å². The Morgan fingerprint density at radius 2 is 1.83 bits per heavy atom. The molecule has 0 fully saturated rings. The molecule has 3 rings (SSSR count). The van der Waals surface area contributed by atoms with E-state index in [1.54, 1.807) is 25.3 Å². The molecule has 1 heterocycles. The van der Waals surface area contributed by atoms with Gasteiger partial charge in [-0.25, -0.2) is 4.99 Å². The molecular formula is C21H17BrF2N2O3S. The minimum atomic E-state index is -2.92. The van der Waals surface area contributed by atoms with Crippen LogP contribution in [0.15, 0.2) is 70.3 Å². The molecule has 30 heavy (non-hydrogen) atoms. The van der Waals surface area contributed by atoms with Crippen LogP contribution >= 0.6 is 27.7 Å². The van der Waals surface area contributed by atoms with Crippen LogP contribution in [0.3, 0.4) is 0 Å². The predicted molar refractivity (Wildman–Crippen MR) is 119 cm³/mol. The van der Waals surface area contributed by atoms with Gasteiger partial charge in [-0.2, -0.15) is 8.78 Å². The van der Waals surface area contributed by atoms with E-state index in [0.29, 0.717) is 22.4 Å². The Bertz CT molecular complexity index is 992. The first-order valence-corrected chi connectivity index (χ1v) is 10.4. The van der Waals surface area contributed by atoms with Crippen molar-refractivity contribution in [3.63, 3.8) is 0 Å². The maximum atomic E-state index is 13.1. The molecule has 1 amide bonds. The standard InChI is InChI=1S/C21H17BrF2N2O3S/c1-13(22)12-30-21-25-18(11-14-3-7-16(28-2)8-4-14)19(27)26(21)15-5-9-17(10-6-15)29-20(23)24/h3-11,20H,1,12H2,2H3/b18-11-. The molecule has 5 nitrogen and oxygen atoms in total. The van der Waals surface area contributed by atoms with E-state index in [1.807, 2.05) is 12.1 Å². The molecule has 0 bridgehead atoms. The molecule has 1 aliphatic heterocycles. The molecule has 0 N–H and O–H groups in total. The second-order valence-electron chi connectivity index (χ2n) is 6.02. The Morgan fingerprint density at radius 3 is 2.40 bits per heavy atom. The molecule has 1 aliphatic rings. The van der Waals surface area contributed by atoms with E-state index in [4.69, 9.17) is 4.74 Å². The van der Waals surface area contributed by atoms with Crippen molar-refractivity contribution >= 4 is 50.5 Å². The number of aliphatic imine (C=N–C) groups is 1. The zero-order valence-corrected chi connectivity index (χ0v) is 18.3. The number of benzene rings is 2. The van der Waals surface area contributed by atoms with Gasteiger partial charge in [0.15, 0.2) is 5.17 Å². The molecule has 156 valence electrons. The molecule has 2 aromatic rings. The molecule has 9 heteroatoms. The number of carbonyl (C=O) groups excluding carboxylic acids is 1. The van der Waals surface area contributed by atoms with E-state index in [9.17, 15) is 13.6 Å². The number of hydrogen-bond donors (Lipinski definition) is 0. The first kappa shape index (κ1) is 22.0. The number of thioether (sulfide) groups is 1. The van der Waals surface area contributed by atoms with Gasteiger partial charge in [-0.05, 0) is 52.5 Å². The summed E-state index contributed by atoms with van der Waals surface area (Å²) in [6.07, 6.45) is 1.68. The average Bonchev–Trinajstić information content (AvgIpc) is 3.02. The number of hydrogen-bond acceptors (Lipinski definition) is 5. The van der Waals surface area contributed by atoms with Crippen LogP contribution < -0.4 is 14.4 Å². The van der Waals surface area contributed by atoms with E-state index in [1.165, 1.54) is 40.9 Å². The van der Waals surface area contributed by atoms with Gasteiger partial charge in [-0.15, -0.1) is 0 Å². The number of anilines is 1. The summed E-state index contributed by atoms with van der Waals surface area (Å²) >= 11 is 4.63. The third-order valence-electron chi connectivity index (χ3n) is 3.93. The lowest BCUT2D eigenvalue weighted by Crippen LogP contribution is -2.30. The molecule has 0 radical (unpaired) electrons. The van der Waals surface area contributed by atoms with Gasteiger partial charge in [0.1, 0.15) is 17.2 Å². The number of amides is 1. The quantitative estimate of drug-likeness (QED) is 0.464. The maximum absolute atomic E-state index is 13.1. The lowest BCUT2D eigenvalue weighted by Gasteiger charge is -2.18. The smallest absolute Gasteiger partial charge is 0.387 e. The number of nitrogens with zero attached hydrogens (tertiary/aromatic N) is 2. The summed E-state index contributed by atoms with van der Waals surface area (Å²) in [6, 6.07) is 13.0. The minimum Gasteiger partial charge on any atom is -0.497 e. The highest BCUT2D eigenvalue weighted by atomic mass is 79.9. The highest BCUT2D eigenvalue weighted by Gasteiger charge is 2.32. The first-order valence-electron chi connectivity index (χ1n) is 8.67. The maximum Gasteiger partial charge on any atom is 0.387 e. The number of amidine groups is 1. The van der Waals surface area contributed by atoms with Crippen molar-refractivity contribution in [1.29, 1.82) is 0 Å². The molecule has 0 saturated carbocycles. The van der Waals surface area contributed by atoms with Crippen LogP contribution in [0.25, 0.3) is 6.08 Å². The van der Waals surface area contributed by atoms with Crippen molar-refractivity contribution in [2.45, 2.75) is 6.61 Å². The van der Waals surface area contributed by atoms with Gasteiger partial charge in [0.25, 0.3) is 5.91 Å². The lowest BCUT2D eigenvalue weighted by atomic mass is 10.2. The van der Waals surface area contributed by atoms with Crippen molar-refractivity contribution in [2.24, 2.45) is 4.99 Å². The second kappa shape index (κ2) is 9.90. The Kier molecular flexibility index (Phi) is 7.28. The highest BCUT2D eigenvalue weighted by Crippen LogP contribution is 2.32. The fourth-order valence-corrected chi connectivity index (χ4v) is 3.71.